The van der Waals surface area contributed by atoms with Crippen LogP contribution >= 0.6 is 0 Å². The number of rotatable bonds is 5. The zero-order valence-electron chi connectivity index (χ0n) is 18.8. The molecule has 178 valence electrons. The molecule has 35 heavy (non-hydrogen) atoms. The second kappa shape index (κ2) is 8.80. The van der Waals surface area contributed by atoms with E-state index in [0.29, 0.717) is 23.1 Å². The van der Waals surface area contributed by atoms with E-state index in [2.05, 4.69) is 0 Å². The minimum absolute atomic E-state index is 0.0302. The Morgan fingerprint density at radius 3 is 2.29 bits per heavy atom. The maximum Gasteiger partial charge on any atom is 0.417 e. The molecule has 3 amide bonds. The molecule has 0 N–H and O–H groups in total. The molecule has 0 radical (unpaired) electrons. The van der Waals surface area contributed by atoms with Gasteiger partial charge in [-0.2, -0.15) is 18.4 Å². The summed E-state index contributed by atoms with van der Waals surface area (Å²) in [4.78, 5) is 28.5. The van der Waals surface area contributed by atoms with Gasteiger partial charge in [0.25, 0.3) is 5.91 Å². The highest BCUT2D eigenvalue weighted by atomic mass is 19.4. The van der Waals surface area contributed by atoms with E-state index in [9.17, 15) is 22.8 Å². The summed E-state index contributed by atoms with van der Waals surface area (Å²) in [7, 11) is 0. The molecule has 1 aliphatic heterocycles. The molecule has 1 saturated heterocycles. The Kier molecular flexibility index (Phi) is 5.99. The van der Waals surface area contributed by atoms with Crippen LogP contribution in [0.15, 0.2) is 72.8 Å². The Balaban J connectivity index is 1.63. The Labute approximate surface area is 199 Å². The van der Waals surface area contributed by atoms with Crippen molar-refractivity contribution in [3.63, 3.8) is 0 Å². The lowest BCUT2D eigenvalue weighted by Crippen LogP contribution is -2.43. The number of carbonyl (C=O) groups is 2. The molecule has 0 spiro atoms. The number of urea groups is 1. The third kappa shape index (κ3) is 4.55. The number of imide groups is 1. The Morgan fingerprint density at radius 2 is 1.63 bits per heavy atom. The number of nitrogens with zero attached hydrogens (tertiary/aromatic N) is 3. The maximum absolute atomic E-state index is 13.4. The number of benzene rings is 3. The van der Waals surface area contributed by atoms with Crippen LogP contribution in [0.1, 0.15) is 30.5 Å². The van der Waals surface area contributed by atoms with Crippen LogP contribution in [-0.4, -0.2) is 22.4 Å². The van der Waals surface area contributed by atoms with Crippen molar-refractivity contribution in [2.75, 3.05) is 4.90 Å². The van der Waals surface area contributed by atoms with Crippen molar-refractivity contribution in [3.8, 4) is 17.6 Å². The molecule has 0 aliphatic carbocycles. The summed E-state index contributed by atoms with van der Waals surface area (Å²) >= 11 is 0. The first kappa shape index (κ1) is 23.8. The lowest BCUT2D eigenvalue weighted by molar-refractivity contribution is -0.137. The van der Waals surface area contributed by atoms with Crippen LogP contribution in [0.2, 0.25) is 0 Å². The summed E-state index contributed by atoms with van der Waals surface area (Å²) in [6, 6.07) is 19.6. The van der Waals surface area contributed by atoms with Crippen molar-refractivity contribution < 1.29 is 27.5 Å². The second-order valence-electron chi connectivity index (χ2n) is 8.47. The highest BCUT2D eigenvalue weighted by molar-refractivity contribution is 6.23. The van der Waals surface area contributed by atoms with Gasteiger partial charge in [0, 0.05) is 6.54 Å². The van der Waals surface area contributed by atoms with Gasteiger partial charge in [0.15, 0.2) is 0 Å². The van der Waals surface area contributed by atoms with E-state index in [-0.39, 0.29) is 12.2 Å². The zero-order chi connectivity index (χ0) is 25.4. The summed E-state index contributed by atoms with van der Waals surface area (Å²) in [5.41, 5.74) is -2.69. The van der Waals surface area contributed by atoms with Gasteiger partial charge < -0.3 is 9.64 Å². The number of hydrogen-bond donors (Lipinski definition) is 0. The summed E-state index contributed by atoms with van der Waals surface area (Å²) < 4.78 is 46.2. The van der Waals surface area contributed by atoms with E-state index in [1.165, 1.54) is 24.8 Å². The monoisotopic (exact) mass is 479 g/mol. The minimum atomic E-state index is -4.82. The van der Waals surface area contributed by atoms with Gasteiger partial charge in [0.2, 0.25) is 0 Å². The minimum Gasteiger partial charge on any atom is -0.457 e. The van der Waals surface area contributed by atoms with E-state index in [4.69, 9.17) is 10.00 Å². The molecule has 0 bridgehead atoms. The van der Waals surface area contributed by atoms with Crippen molar-refractivity contribution in [1.29, 1.82) is 5.26 Å². The predicted molar refractivity (Wildman–Crippen MR) is 122 cm³/mol. The van der Waals surface area contributed by atoms with Gasteiger partial charge in [0.1, 0.15) is 17.0 Å². The van der Waals surface area contributed by atoms with Crippen LogP contribution in [0.3, 0.4) is 0 Å². The fourth-order valence-electron chi connectivity index (χ4n) is 3.85. The summed E-state index contributed by atoms with van der Waals surface area (Å²) in [5.74, 6) is 0.491. The van der Waals surface area contributed by atoms with Crippen molar-refractivity contribution >= 4 is 17.6 Å². The van der Waals surface area contributed by atoms with Crippen LogP contribution in [0.4, 0.5) is 23.7 Å². The summed E-state index contributed by atoms with van der Waals surface area (Å²) in [5, 5.41) is 9.03. The molecular formula is C26H20F3N3O3. The molecule has 9 heteroatoms. The Hall–Kier alpha value is -4.32. The molecule has 3 aromatic rings. The first-order chi connectivity index (χ1) is 16.5. The number of anilines is 1. The molecule has 0 aromatic heterocycles. The molecule has 4 rings (SSSR count). The van der Waals surface area contributed by atoms with Gasteiger partial charge in [-0.25, -0.2) is 9.69 Å². The van der Waals surface area contributed by atoms with Gasteiger partial charge in [-0.15, -0.1) is 0 Å². The van der Waals surface area contributed by atoms with Crippen LogP contribution in [0.25, 0.3) is 0 Å². The number of nitriles is 1. The second-order valence-corrected chi connectivity index (χ2v) is 8.47. The Morgan fingerprint density at radius 1 is 0.943 bits per heavy atom. The third-order valence-electron chi connectivity index (χ3n) is 5.73. The molecule has 1 heterocycles. The molecule has 0 atom stereocenters. The fourth-order valence-corrected chi connectivity index (χ4v) is 3.85. The van der Waals surface area contributed by atoms with Crippen LogP contribution < -0.4 is 9.64 Å². The summed E-state index contributed by atoms with van der Waals surface area (Å²) in [6.45, 7) is 3.10. The molecule has 0 unspecified atom stereocenters. The third-order valence-corrected chi connectivity index (χ3v) is 5.73. The van der Waals surface area contributed by atoms with Gasteiger partial charge in [-0.3, -0.25) is 4.79 Å². The lowest BCUT2D eigenvalue weighted by Gasteiger charge is -2.27. The number of para-hydroxylation sites is 1. The topological polar surface area (TPSA) is 73.6 Å². The Bertz CT molecular complexity index is 1330. The van der Waals surface area contributed by atoms with E-state index >= 15 is 0 Å². The first-order valence-corrected chi connectivity index (χ1v) is 10.6. The average molecular weight is 479 g/mol. The molecule has 6 nitrogen and oxygen atoms in total. The van der Waals surface area contributed by atoms with Crippen molar-refractivity contribution in [1.82, 2.24) is 4.90 Å². The van der Waals surface area contributed by atoms with Crippen LogP contribution in [0, 0.1) is 11.3 Å². The number of alkyl halides is 3. The van der Waals surface area contributed by atoms with Crippen LogP contribution in [-0.2, 0) is 17.5 Å². The lowest BCUT2D eigenvalue weighted by atomic mass is 10.0. The van der Waals surface area contributed by atoms with Crippen molar-refractivity contribution in [2.45, 2.75) is 32.1 Å². The zero-order valence-corrected chi connectivity index (χ0v) is 18.8. The van der Waals surface area contributed by atoms with Gasteiger partial charge in [0.05, 0.1) is 22.9 Å². The maximum atomic E-state index is 13.4. The van der Waals surface area contributed by atoms with Gasteiger partial charge in [-0.05, 0) is 61.9 Å². The predicted octanol–water partition coefficient (Wildman–Crippen LogP) is 6.12. The quantitative estimate of drug-likeness (QED) is 0.414. The van der Waals surface area contributed by atoms with Gasteiger partial charge >= 0.3 is 12.2 Å². The summed E-state index contributed by atoms with van der Waals surface area (Å²) in [6.07, 6.45) is -4.82. The first-order valence-electron chi connectivity index (χ1n) is 10.6. The smallest absolute Gasteiger partial charge is 0.417 e. The molecule has 3 aromatic carbocycles. The van der Waals surface area contributed by atoms with Crippen molar-refractivity contribution in [2.24, 2.45) is 0 Å². The highest BCUT2D eigenvalue weighted by Crippen LogP contribution is 2.38. The fraction of sp³-hybridized carbons (Fsp3) is 0.192. The van der Waals surface area contributed by atoms with E-state index < -0.39 is 34.8 Å². The number of carbonyl (C=O) groups excluding carboxylic acids is 2. The largest absolute Gasteiger partial charge is 0.457 e. The van der Waals surface area contributed by atoms with Crippen molar-refractivity contribution in [3.05, 3.63) is 89.5 Å². The highest BCUT2D eigenvalue weighted by Gasteiger charge is 2.52. The number of amides is 3. The normalized spacial score (nSPS) is 15.3. The van der Waals surface area contributed by atoms with Crippen LogP contribution in [0.5, 0.6) is 11.5 Å². The molecule has 0 saturated carbocycles. The van der Waals surface area contributed by atoms with Gasteiger partial charge in [-0.1, -0.05) is 30.3 Å². The van der Waals surface area contributed by atoms with E-state index in [1.54, 1.807) is 36.4 Å². The number of hydrogen-bond acceptors (Lipinski definition) is 4. The molecule has 1 fully saturated rings. The average Bonchev–Trinajstić information content (AvgIpc) is 2.98. The standard InChI is InChI=1S/C26H20F3N3O3/c1-25(2)23(33)32(19-12-11-18(15-30)22(14-19)26(27,28)29)24(34)31(25)16-17-7-6-10-21(13-17)35-20-8-4-3-5-9-20/h3-14H,16H2,1-2H3. The SMILES string of the molecule is CC1(C)C(=O)N(c2ccc(C#N)c(C(F)(F)F)c2)C(=O)N1Cc1cccc(Oc2ccccc2)c1. The number of ether oxygens (including phenoxy) is 1. The number of halogens is 3. The van der Waals surface area contributed by atoms with E-state index in [1.807, 2.05) is 18.2 Å². The molecular weight excluding hydrogens is 459 g/mol. The molecule has 1 aliphatic rings. The van der Waals surface area contributed by atoms with E-state index in [0.717, 1.165) is 17.0 Å².